The molecule has 28 heavy (non-hydrogen) atoms. The molecule has 0 spiro atoms. The van der Waals surface area contributed by atoms with E-state index >= 15 is 0 Å². The van der Waals surface area contributed by atoms with Gasteiger partial charge in [0.05, 0.1) is 5.69 Å². The molecule has 0 radical (unpaired) electrons. The highest BCUT2D eigenvalue weighted by Gasteiger charge is 2.21. The number of carbonyl (C=O) groups is 2. The van der Waals surface area contributed by atoms with E-state index in [9.17, 15) is 14.7 Å². The fourth-order valence-corrected chi connectivity index (χ4v) is 3.61. The number of carboxylic acid groups (broad SMARTS) is 1. The summed E-state index contributed by atoms with van der Waals surface area (Å²) in [6.07, 6.45) is -0.682. The van der Waals surface area contributed by atoms with Crippen LogP contribution in [0.2, 0.25) is 0 Å². The van der Waals surface area contributed by atoms with Gasteiger partial charge in [-0.3, -0.25) is 5.32 Å². The van der Waals surface area contributed by atoms with Gasteiger partial charge in [-0.25, -0.2) is 9.59 Å². The predicted octanol–water partition coefficient (Wildman–Crippen LogP) is 6.13. The van der Waals surface area contributed by atoms with Gasteiger partial charge in [0, 0.05) is 4.88 Å². The van der Waals surface area contributed by atoms with E-state index in [2.05, 4.69) is 5.32 Å². The van der Waals surface area contributed by atoms with E-state index in [0.717, 1.165) is 32.9 Å². The maximum absolute atomic E-state index is 12.0. The fraction of sp³-hybridized carbons (Fsp3) is 0.182. The van der Waals surface area contributed by atoms with Gasteiger partial charge in [0.1, 0.15) is 10.5 Å². The van der Waals surface area contributed by atoms with Crippen molar-refractivity contribution in [2.24, 2.45) is 0 Å². The number of hydrogen-bond acceptors (Lipinski definition) is 4. The molecule has 144 valence electrons. The second-order valence-corrected chi connectivity index (χ2v) is 8.28. The van der Waals surface area contributed by atoms with Crippen molar-refractivity contribution in [2.45, 2.75) is 26.4 Å². The first-order valence-corrected chi connectivity index (χ1v) is 9.57. The number of benzene rings is 2. The van der Waals surface area contributed by atoms with Crippen LogP contribution in [0.1, 0.15) is 30.4 Å². The number of thiophene rings is 1. The number of hydrogen-bond donors (Lipinski definition) is 2. The third kappa shape index (κ3) is 4.78. The molecule has 1 heterocycles. The highest BCUT2D eigenvalue weighted by molar-refractivity contribution is 7.18. The Labute approximate surface area is 167 Å². The van der Waals surface area contributed by atoms with Crippen LogP contribution in [0, 0.1) is 0 Å². The molecule has 2 aromatic carbocycles. The van der Waals surface area contributed by atoms with E-state index in [1.807, 2.05) is 54.6 Å². The summed E-state index contributed by atoms with van der Waals surface area (Å²) in [4.78, 5) is 24.4. The highest BCUT2D eigenvalue weighted by Crippen LogP contribution is 2.36. The van der Waals surface area contributed by atoms with Crippen molar-refractivity contribution in [1.82, 2.24) is 0 Å². The Morgan fingerprint density at radius 3 is 2.07 bits per heavy atom. The third-order valence-electron chi connectivity index (χ3n) is 3.84. The molecule has 0 atom stereocenters. The number of ether oxygens (including phenoxy) is 1. The Balaban J connectivity index is 1.86. The lowest BCUT2D eigenvalue weighted by Gasteiger charge is -2.19. The Morgan fingerprint density at radius 2 is 1.50 bits per heavy atom. The Kier molecular flexibility index (Phi) is 5.51. The van der Waals surface area contributed by atoms with Crippen molar-refractivity contribution in [3.05, 3.63) is 65.5 Å². The molecule has 5 nitrogen and oxygen atoms in total. The Bertz CT molecular complexity index is 986. The molecule has 1 aromatic heterocycles. The van der Waals surface area contributed by atoms with Gasteiger partial charge in [0.15, 0.2) is 0 Å². The van der Waals surface area contributed by atoms with E-state index in [1.165, 1.54) is 0 Å². The van der Waals surface area contributed by atoms with Gasteiger partial charge in [-0.1, -0.05) is 54.6 Å². The molecule has 0 aliphatic carbocycles. The van der Waals surface area contributed by atoms with Crippen molar-refractivity contribution in [3.63, 3.8) is 0 Å². The molecule has 3 aromatic rings. The van der Waals surface area contributed by atoms with Crippen LogP contribution in [0.4, 0.5) is 10.5 Å². The normalized spacial score (nSPS) is 11.1. The monoisotopic (exact) mass is 395 g/mol. The molecule has 6 heteroatoms. The molecule has 0 aliphatic heterocycles. The van der Waals surface area contributed by atoms with Crippen molar-refractivity contribution >= 4 is 29.1 Å². The molecular weight excluding hydrogens is 374 g/mol. The molecule has 3 rings (SSSR count). The zero-order chi connectivity index (χ0) is 20.3. The van der Waals surface area contributed by atoms with E-state index in [0.29, 0.717) is 0 Å². The second kappa shape index (κ2) is 7.86. The van der Waals surface area contributed by atoms with Crippen LogP contribution >= 0.6 is 11.3 Å². The summed E-state index contributed by atoms with van der Waals surface area (Å²) in [5, 5.41) is 12.0. The molecule has 0 unspecified atom stereocenters. The zero-order valence-electron chi connectivity index (χ0n) is 15.9. The average Bonchev–Trinajstić information content (AvgIpc) is 3.05. The number of amides is 1. The molecule has 0 aliphatic rings. The molecule has 1 amide bonds. The standard InChI is InChI=1S/C22H21NO4S/c1-22(2,3)27-21(26)23-17-13-18(28-19(17)20(24)25)16-11-9-15(10-12-16)14-7-5-4-6-8-14/h4-13H,1-3H3,(H,23,26)(H,24,25). The van der Waals surface area contributed by atoms with E-state index in [-0.39, 0.29) is 10.6 Å². The van der Waals surface area contributed by atoms with Crippen LogP contribution in [0.25, 0.3) is 21.6 Å². The molecule has 0 bridgehead atoms. The average molecular weight is 395 g/mol. The van der Waals surface area contributed by atoms with E-state index in [4.69, 9.17) is 4.74 Å². The Hall–Kier alpha value is -3.12. The number of carbonyl (C=O) groups excluding carboxylic acids is 1. The number of nitrogens with one attached hydrogen (secondary N) is 1. The van der Waals surface area contributed by atoms with Gasteiger partial charge < -0.3 is 9.84 Å². The first-order valence-electron chi connectivity index (χ1n) is 8.76. The summed E-state index contributed by atoms with van der Waals surface area (Å²) in [6, 6.07) is 19.5. The zero-order valence-corrected chi connectivity index (χ0v) is 16.7. The lowest BCUT2D eigenvalue weighted by atomic mass is 10.0. The summed E-state index contributed by atoms with van der Waals surface area (Å²) < 4.78 is 5.22. The van der Waals surface area contributed by atoms with Crippen LogP contribution in [-0.4, -0.2) is 22.8 Å². The van der Waals surface area contributed by atoms with Gasteiger partial charge in [-0.15, -0.1) is 11.3 Å². The fourth-order valence-electron chi connectivity index (χ4n) is 2.66. The maximum atomic E-state index is 12.0. The number of rotatable bonds is 4. The van der Waals surface area contributed by atoms with Crippen molar-refractivity contribution < 1.29 is 19.4 Å². The summed E-state index contributed by atoms with van der Waals surface area (Å²) in [6.45, 7) is 5.24. The Morgan fingerprint density at radius 1 is 0.929 bits per heavy atom. The topological polar surface area (TPSA) is 75.6 Å². The minimum Gasteiger partial charge on any atom is -0.477 e. The first-order chi connectivity index (χ1) is 13.2. The summed E-state index contributed by atoms with van der Waals surface area (Å²) in [5.74, 6) is -1.09. The molecule has 0 saturated heterocycles. The van der Waals surface area contributed by atoms with E-state index in [1.54, 1.807) is 26.8 Å². The SMILES string of the molecule is CC(C)(C)OC(=O)Nc1cc(-c2ccc(-c3ccccc3)cc2)sc1C(=O)O. The highest BCUT2D eigenvalue weighted by atomic mass is 32.1. The molecule has 0 saturated carbocycles. The van der Waals surface area contributed by atoms with Crippen LogP contribution in [-0.2, 0) is 4.74 Å². The van der Waals surface area contributed by atoms with Gasteiger partial charge in [0.2, 0.25) is 0 Å². The van der Waals surface area contributed by atoms with Crippen molar-refractivity contribution in [3.8, 4) is 21.6 Å². The minimum atomic E-state index is -1.09. The maximum Gasteiger partial charge on any atom is 0.412 e. The van der Waals surface area contributed by atoms with Gasteiger partial charge >= 0.3 is 12.1 Å². The van der Waals surface area contributed by atoms with E-state index < -0.39 is 17.7 Å². The van der Waals surface area contributed by atoms with Gasteiger partial charge in [-0.2, -0.15) is 0 Å². The van der Waals surface area contributed by atoms with Crippen molar-refractivity contribution in [1.29, 1.82) is 0 Å². The van der Waals surface area contributed by atoms with Crippen LogP contribution in [0.5, 0.6) is 0 Å². The minimum absolute atomic E-state index is 0.0630. The lowest BCUT2D eigenvalue weighted by molar-refractivity contribution is 0.0636. The van der Waals surface area contributed by atoms with Crippen LogP contribution in [0.3, 0.4) is 0 Å². The van der Waals surface area contributed by atoms with Gasteiger partial charge in [-0.05, 0) is 43.5 Å². The summed E-state index contributed by atoms with van der Waals surface area (Å²) >= 11 is 1.11. The third-order valence-corrected chi connectivity index (χ3v) is 5.01. The summed E-state index contributed by atoms with van der Waals surface area (Å²) in [7, 11) is 0. The second-order valence-electron chi connectivity index (χ2n) is 7.23. The smallest absolute Gasteiger partial charge is 0.412 e. The number of anilines is 1. The largest absolute Gasteiger partial charge is 0.477 e. The lowest BCUT2D eigenvalue weighted by Crippen LogP contribution is -2.27. The van der Waals surface area contributed by atoms with Gasteiger partial charge in [0.25, 0.3) is 0 Å². The van der Waals surface area contributed by atoms with Crippen LogP contribution in [0.15, 0.2) is 60.7 Å². The molecule has 2 N–H and O–H groups in total. The molecular formula is C22H21NO4S. The quantitative estimate of drug-likeness (QED) is 0.557. The number of aromatic carboxylic acids is 1. The molecule has 0 fully saturated rings. The first kappa shape index (κ1) is 19.6. The number of carboxylic acids is 1. The van der Waals surface area contributed by atoms with Crippen molar-refractivity contribution in [2.75, 3.05) is 5.32 Å². The predicted molar refractivity (Wildman–Crippen MR) is 112 cm³/mol. The summed E-state index contributed by atoms with van der Waals surface area (Å²) in [5.41, 5.74) is 2.63. The van der Waals surface area contributed by atoms with Crippen LogP contribution < -0.4 is 5.32 Å².